The topological polar surface area (TPSA) is 35.5 Å². The summed E-state index contributed by atoms with van der Waals surface area (Å²) in [5.74, 6) is 1.85. The Morgan fingerprint density at radius 2 is 2.14 bits per heavy atom. The smallest absolute Gasteiger partial charge is 0.153 e. The molecular formula is C17H15BrO3. The van der Waals surface area contributed by atoms with Gasteiger partial charge in [0.25, 0.3) is 0 Å². The molecule has 1 aliphatic heterocycles. The SMILES string of the molecule is O=Cc1cc(Br)ccc1OCC1CCOc2ccccc21. The van der Waals surface area contributed by atoms with Gasteiger partial charge in [-0.15, -0.1) is 0 Å². The lowest BCUT2D eigenvalue weighted by atomic mass is 9.94. The van der Waals surface area contributed by atoms with Gasteiger partial charge < -0.3 is 9.47 Å². The maximum Gasteiger partial charge on any atom is 0.153 e. The number of hydrogen-bond donors (Lipinski definition) is 0. The second kappa shape index (κ2) is 6.31. The van der Waals surface area contributed by atoms with Crippen molar-refractivity contribution in [3.8, 4) is 11.5 Å². The first-order valence-corrected chi connectivity index (χ1v) is 7.66. The maximum atomic E-state index is 11.1. The van der Waals surface area contributed by atoms with Crippen molar-refractivity contribution < 1.29 is 14.3 Å². The van der Waals surface area contributed by atoms with Crippen molar-refractivity contribution in [1.29, 1.82) is 0 Å². The first kappa shape index (κ1) is 14.1. The Balaban J connectivity index is 1.76. The molecule has 0 saturated carbocycles. The maximum absolute atomic E-state index is 11.1. The van der Waals surface area contributed by atoms with E-state index in [1.807, 2.05) is 30.3 Å². The zero-order valence-corrected chi connectivity index (χ0v) is 13.0. The van der Waals surface area contributed by atoms with Crippen LogP contribution < -0.4 is 9.47 Å². The van der Waals surface area contributed by atoms with E-state index in [2.05, 4.69) is 22.0 Å². The van der Waals surface area contributed by atoms with Gasteiger partial charge in [-0.25, -0.2) is 0 Å². The van der Waals surface area contributed by atoms with Crippen LogP contribution in [-0.4, -0.2) is 19.5 Å². The highest BCUT2D eigenvalue weighted by Gasteiger charge is 2.21. The number of aldehydes is 1. The van der Waals surface area contributed by atoms with Crippen LogP contribution in [0.3, 0.4) is 0 Å². The number of ether oxygens (including phenoxy) is 2. The summed E-state index contributed by atoms with van der Waals surface area (Å²) in [5, 5.41) is 0. The Hall–Kier alpha value is -1.81. The molecule has 2 aromatic carbocycles. The van der Waals surface area contributed by atoms with Crippen LogP contribution in [0.2, 0.25) is 0 Å². The number of para-hydroxylation sites is 1. The molecule has 108 valence electrons. The van der Waals surface area contributed by atoms with E-state index in [0.29, 0.717) is 24.5 Å². The molecule has 0 fully saturated rings. The van der Waals surface area contributed by atoms with E-state index < -0.39 is 0 Å². The van der Waals surface area contributed by atoms with Crippen LogP contribution in [-0.2, 0) is 0 Å². The molecule has 0 bridgehead atoms. The molecule has 1 aliphatic rings. The molecule has 1 heterocycles. The predicted octanol–water partition coefficient (Wildman–Crippen LogP) is 4.21. The van der Waals surface area contributed by atoms with Crippen LogP contribution in [0, 0.1) is 0 Å². The van der Waals surface area contributed by atoms with Crippen molar-refractivity contribution >= 4 is 22.2 Å². The number of rotatable bonds is 4. The van der Waals surface area contributed by atoms with Crippen molar-refractivity contribution in [2.45, 2.75) is 12.3 Å². The van der Waals surface area contributed by atoms with Crippen molar-refractivity contribution in [1.82, 2.24) is 0 Å². The molecule has 0 spiro atoms. The van der Waals surface area contributed by atoms with Crippen LogP contribution in [0.25, 0.3) is 0 Å². The Bertz CT molecular complexity index is 654. The lowest BCUT2D eigenvalue weighted by molar-refractivity contribution is 0.111. The Morgan fingerprint density at radius 1 is 1.29 bits per heavy atom. The molecular weight excluding hydrogens is 332 g/mol. The van der Waals surface area contributed by atoms with Gasteiger partial charge in [-0.2, -0.15) is 0 Å². The van der Waals surface area contributed by atoms with E-state index in [4.69, 9.17) is 9.47 Å². The summed E-state index contributed by atoms with van der Waals surface area (Å²) in [4.78, 5) is 11.1. The number of carbonyl (C=O) groups is 1. The van der Waals surface area contributed by atoms with Crippen LogP contribution in [0.1, 0.15) is 28.3 Å². The van der Waals surface area contributed by atoms with Gasteiger partial charge in [0, 0.05) is 16.0 Å². The summed E-state index contributed by atoms with van der Waals surface area (Å²) < 4.78 is 12.4. The summed E-state index contributed by atoms with van der Waals surface area (Å²) in [6.07, 6.45) is 1.74. The molecule has 1 unspecified atom stereocenters. The average molecular weight is 347 g/mol. The van der Waals surface area contributed by atoms with Gasteiger partial charge in [-0.1, -0.05) is 34.1 Å². The Kier molecular flexibility index (Phi) is 4.25. The first-order valence-electron chi connectivity index (χ1n) is 6.87. The second-order valence-electron chi connectivity index (χ2n) is 4.98. The number of halogens is 1. The lowest BCUT2D eigenvalue weighted by Gasteiger charge is -2.26. The van der Waals surface area contributed by atoms with E-state index in [-0.39, 0.29) is 5.92 Å². The highest BCUT2D eigenvalue weighted by molar-refractivity contribution is 9.10. The van der Waals surface area contributed by atoms with E-state index in [9.17, 15) is 4.79 Å². The molecule has 0 aliphatic carbocycles. The minimum absolute atomic E-state index is 0.290. The number of carbonyl (C=O) groups excluding carboxylic acids is 1. The number of fused-ring (bicyclic) bond motifs is 1. The van der Waals surface area contributed by atoms with Gasteiger partial charge in [-0.3, -0.25) is 4.79 Å². The first-order chi connectivity index (χ1) is 10.3. The standard InChI is InChI=1S/C17H15BrO3/c18-14-5-6-16(13(9-14)10-19)21-11-12-7-8-20-17-4-2-1-3-15(12)17/h1-6,9-10,12H,7-8,11H2. The van der Waals surface area contributed by atoms with Crippen LogP contribution in [0.4, 0.5) is 0 Å². The zero-order valence-electron chi connectivity index (χ0n) is 11.4. The molecule has 0 aromatic heterocycles. The third-order valence-corrected chi connectivity index (χ3v) is 4.11. The fourth-order valence-electron chi connectivity index (χ4n) is 2.52. The van der Waals surface area contributed by atoms with Crippen LogP contribution >= 0.6 is 15.9 Å². The second-order valence-corrected chi connectivity index (χ2v) is 5.90. The highest BCUT2D eigenvalue weighted by atomic mass is 79.9. The number of hydrogen-bond acceptors (Lipinski definition) is 3. The quantitative estimate of drug-likeness (QED) is 0.778. The van der Waals surface area contributed by atoms with E-state index >= 15 is 0 Å². The molecule has 0 N–H and O–H groups in total. The average Bonchev–Trinajstić information content (AvgIpc) is 2.53. The van der Waals surface area contributed by atoms with Gasteiger partial charge >= 0.3 is 0 Å². The van der Waals surface area contributed by atoms with Crippen molar-refractivity contribution in [3.63, 3.8) is 0 Å². The minimum atomic E-state index is 0.290. The summed E-state index contributed by atoms with van der Waals surface area (Å²) in [6, 6.07) is 13.5. The molecule has 0 saturated heterocycles. The van der Waals surface area contributed by atoms with Crippen molar-refractivity contribution in [2.24, 2.45) is 0 Å². The van der Waals surface area contributed by atoms with Gasteiger partial charge in [0.2, 0.25) is 0 Å². The largest absolute Gasteiger partial charge is 0.493 e. The normalized spacial score (nSPS) is 16.7. The third kappa shape index (κ3) is 3.10. The third-order valence-electron chi connectivity index (χ3n) is 3.62. The van der Waals surface area contributed by atoms with Gasteiger partial charge in [0.1, 0.15) is 11.5 Å². The fourth-order valence-corrected chi connectivity index (χ4v) is 2.90. The lowest BCUT2D eigenvalue weighted by Crippen LogP contribution is -2.19. The summed E-state index contributed by atoms with van der Waals surface area (Å²) in [7, 11) is 0. The van der Waals surface area contributed by atoms with Crippen LogP contribution in [0.15, 0.2) is 46.9 Å². The van der Waals surface area contributed by atoms with E-state index in [0.717, 1.165) is 22.9 Å². The monoisotopic (exact) mass is 346 g/mol. The van der Waals surface area contributed by atoms with Gasteiger partial charge in [-0.05, 0) is 30.7 Å². The molecule has 2 aromatic rings. The van der Waals surface area contributed by atoms with Crippen molar-refractivity contribution in [2.75, 3.05) is 13.2 Å². The highest BCUT2D eigenvalue weighted by Crippen LogP contribution is 2.34. The van der Waals surface area contributed by atoms with Crippen LogP contribution in [0.5, 0.6) is 11.5 Å². The predicted molar refractivity (Wildman–Crippen MR) is 84.3 cm³/mol. The molecule has 0 radical (unpaired) electrons. The number of benzene rings is 2. The van der Waals surface area contributed by atoms with Crippen molar-refractivity contribution in [3.05, 3.63) is 58.1 Å². The Labute approximate surface area is 132 Å². The molecule has 21 heavy (non-hydrogen) atoms. The summed E-state index contributed by atoms with van der Waals surface area (Å²) in [5.41, 5.74) is 1.73. The molecule has 3 nitrogen and oxygen atoms in total. The van der Waals surface area contributed by atoms with Gasteiger partial charge in [0.05, 0.1) is 18.8 Å². The van der Waals surface area contributed by atoms with Gasteiger partial charge in [0.15, 0.2) is 6.29 Å². The molecule has 1 atom stereocenters. The summed E-state index contributed by atoms with van der Waals surface area (Å²) >= 11 is 3.36. The Morgan fingerprint density at radius 3 is 3.00 bits per heavy atom. The fraction of sp³-hybridized carbons (Fsp3) is 0.235. The van der Waals surface area contributed by atoms with E-state index in [1.54, 1.807) is 6.07 Å². The zero-order chi connectivity index (χ0) is 14.7. The minimum Gasteiger partial charge on any atom is -0.493 e. The summed E-state index contributed by atoms with van der Waals surface area (Å²) in [6.45, 7) is 1.24. The molecule has 0 amide bonds. The molecule has 3 rings (SSSR count). The molecule has 4 heteroatoms. The van der Waals surface area contributed by atoms with E-state index in [1.165, 1.54) is 5.56 Å².